The molecule has 0 aliphatic carbocycles. The summed E-state index contributed by atoms with van der Waals surface area (Å²) in [5.41, 5.74) is 8.17. The number of fused-ring (bicyclic) bond motifs is 5. The fraction of sp³-hybridized carbons (Fsp3) is 0.292. The molecule has 3 aliphatic rings. The molecular weight excluding hydrogens is 791 g/mol. The molecule has 5 aromatic carbocycles. The van der Waals surface area contributed by atoms with E-state index >= 15 is 0 Å². The predicted octanol–water partition coefficient (Wildman–Crippen LogP) is 8.86. The lowest BCUT2D eigenvalue weighted by Crippen LogP contribution is -2.37. The Labute approximate surface area is 360 Å². The number of para-hydroxylation sites is 2. The van der Waals surface area contributed by atoms with Crippen LogP contribution in [0.4, 0.5) is 28.4 Å². The van der Waals surface area contributed by atoms with Gasteiger partial charge in [-0.1, -0.05) is 43.3 Å². The summed E-state index contributed by atoms with van der Waals surface area (Å²) in [5, 5.41) is 6.59. The molecule has 0 bridgehead atoms. The second kappa shape index (κ2) is 18.0. The van der Waals surface area contributed by atoms with Crippen molar-refractivity contribution in [3.63, 3.8) is 0 Å². The van der Waals surface area contributed by atoms with Crippen molar-refractivity contribution in [2.24, 2.45) is 4.99 Å². The fourth-order valence-electron chi connectivity index (χ4n) is 8.10. The first-order valence-electron chi connectivity index (χ1n) is 20.4. The molecule has 0 saturated heterocycles. The van der Waals surface area contributed by atoms with Gasteiger partial charge < -0.3 is 34.5 Å². The van der Waals surface area contributed by atoms with E-state index in [0.717, 1.165) is 46.5 Å². The molecule has 61 heavy (non-hydrogen) atoms. The summed E-state index contributed by atoms with van der Waals surface area (Å²) in [5.74, 6) is 1.30. The Bertz CT molecular complexity index is 2530. The number of methoxy groups -OCH3 is 2. The van der Waals surface area contributed by atoms with Gasteiger partial charge in [0, 0.05) is 67.1 Å². The minimum absolute atomic E-state index is 0.0925. The molecular formula is C48H49N5O7S. The number of anilines is 4. The number of hydrogen-bond acceptors (Lipinski definition) is 10. The third-order valence-electron chi connectivity index (χ3n) is 11.4. The van der Waals surface area contributed by atoms with Crippen LogP contribution in [0.5, 0.6) is 23.0 Å². The summed E-state index contributed by atoms with van der Waals surface area (Å²) in [6.07, 6.45) is 6.47. The molecule has 314 valence electrons. The SMILES string of the molecule is CNc1cc(OCc2cc(COc3cc4c(cc3OC)C(=O)N3c5ccccc5C[C@H]3C=N4)cc(NC(=O)CC[C@@H](C)SC)c2)c(OC)cc1C(=O)N1CCc2ccccc21. The van der Waals surface area contributed by atoms with Crippen molar-refractivity contribution in [1.29, 1.82) is 0 Å². The van der Waals surface area contributed by atoms with Crippen LogP contribution < -0.4 is 39.4 Å². The van der Waals surface area contributed by atoms with Gasteiger partial charge in [0.15, 0.2) is 23.0 Å². The highest BCUT2D eigenvalue weighted by Crippen LogP contribution is 2.42. The second-order valence-corrected chi connectivity index (χ2v) is 16.5. The number of carbonyl (C=O) groups is 3. The number of rotatable bonds is 15. The Morgan fingerprint density at radius 2 is 1.52 bits per heavy atom. The maximum Gasteiger partial charge on any atom is 0.261 e. The van der Waals surface area contributed by atoms with Gasteiger partial charge in [-0.05, 0) is 83.8 Å². The summed E-state index contributed by atoms with van der Waals surface area (Å²) in [6, 6.07) is 28.3. The van der Waals surface area contributed by atoms with Gasteiger partial charge in [-0.15, -0.1) is 0 Å². The van der Waals surface area contributed by atoms with Crippen molar-refractivity contribution in [3.8, 4) is 23.0 Å². The van der Waals surface area contributed by atoms with Crippen LogP contribution >= 0.6 is 11.8 Å². The molecule has 0 saturated carbocycles. The smallest absolute Gasteiger partial charge is 0.261 e. The molecule has 5 aromatic rings. The Morgan fingerprint density at radius 1 is 0.852 bits per heavy atom. The molecule has 2 atom stereocenters. The van der Waals surface area contributed by atoms with Crippen molar-refractivity contribution in [3.05, 3.63) is 124 Å². The van der Waals surface area contributed by atoms with E-state index in [-0.39, 0.29) is 37.0 Å². The molecule has 3 amide bonds. The molecule has 0 radical (unpaired) electrons. The molecule has 2 N–H and O–H groups in total. The third-order valence-corrected chi connectivity index (χ3v) is 12.4. The largest absolute Gasteiger partial charge is 0.493 e. The number of thioether (sulfide) groups is 1. The Balaban J connectivity index is 1.04. The molecule has 13 heteroatoms. The van der Waals surface area contributed by atoms with Gasteiger partial charge in [0.05, 0.1) is 42.8 Å². The van der Waals surface area contributed by atoms with Crippen LogP contribution in [0.1, 0.15) is 62.7 Å². The van der Waals surface area contributed by atoms with Crippen LogP contribution in [0.25, 0.3) is 0 Å². The number of nitrogens with one attached hydrogen (secondary N) is 2. The van der Waals surface area contributed by atoms with Crippen molar-refractivity contribution >= 4 is 64.1 Å². The highest BCUT2D eigenvalue weighted by Gasteiger charge is 2.36. The van der Waals surface area contributed by atoms with E-state index in [4.69, 9.17) is 23.9 Å². The molecule has 0 spiro atoms. The summed E-state index contributed by atoms with van der Waals surface area (Å²) < 4.78 is 24.3. The molecule has 12 nitrogen and oxygen atoms in total. The van der Waals surface area contributed by atoms with Gasteiger partial charge in [0.2, 0.25) is 5.91 Å². The van der Waals surface area contributed by atoms with Crippen LogP contribution in [0, 0.1) is 0 Å². The zero-order valence-electron chi connectivity index (χ0n) is 34.9. The minimum Gasteiger partial charge on any atom is -0.493 e. The van der Waals surface area contributed by atoms with E-state index in [1.807, 2.05) is 73.1 Å². The van der Waals surface area contributed by atoms with Crippen LogP contribution in [0.3, 0.4) is 0 Å². The monoisotopic (exact) mass is 839 g/mol. The number of nitrogens with zero attached hydrogens (tertiary/aromatic N) is 3. The molecule has 0 aromatic heterocycles. The highest BCUT2D eigenvalue weighted by molar-refractivity contribution is 7.99. The second-order valence-electron chi connectivity index (χ2n) is 15.3. The van der Waals surface area contributed by atoms with E-state index in [9.17, 15) is 14.4 Å². The molecule has 0 unspecified atom stereocenters. The number of hydrogen-bond donors (Lipinski definition) is 2. The number of amides is 3. The van der Waals surface area contributed by atoms with Gasteiger partial charge >= 0.3 is 0 Å². The van der Waals surface area contributed by atoms with Crippen LogP contribution in [-0.2, 0) is 30.8 Å². The lowest BCUT2D eigenvalue weighted by molar-refractivity contribution is -0.116. The zero-order valence-corrected chi connectivity index (χ0v) is 35.8. The van der Waals surface area contributed by atoms with Crippen LogP contribution in [-0.4, -0.2) is 69.3 Å². The highest BCUT2D eigenvalue weighted by atomic mass is 32.2. The van der Waals surface area contributed by atoms with Gasteiger partial charge in [0.1, 0.15) is 13.2 Å². The third kappa shape index (κ3) is 8.60. The topological polar surface area (TPSA) is 131 Å². The van der Waals surface area contributed by atoms with Gasteiger partial charge in [-0.3, -0.25) is 24.3 Å². The van der Waals surface area contributed by atoms with E-state index in [0.29, 0.717) is 75.8 Å². The van der Waals surface area contributed by atoms with E-state index in [1.54, 1.807) is 60.0 Å². The van der Waals surface area contributed by atoms with Crippen LogP contribution in [0.15, 0.2) is 96.0 Å². The van der Waals surface area contributed by atoms with Crippen molar-refractivity contribution in [1.82, 2.24) is 0 Å². The maximum atomic E-state index is 14.0. The zero-order chi connectivity index (χ0) is 42.6. The lowest BCUT2D eigenvalue weighted by Gasteiger charge is -2.22. The summed E-state index contributed by atoms with van der Waals surface area (Å²) in [7, 11) is 4.85. The summed E-state index contributed by atoms with van der Waals surface area (Å²) >= 11 is 1.72. The number of carbonyl (C=O) groups excluding carboxylic acids is 3. The van der Waals surface area contributed by atoms with Gasteiger partial charge in [-0.25, -0.2) is 0 Å². The summed E-state index contributed by atoms with van der Waals surface area (Å²) in [6.45, 7) is 2.93. The number of ether oxygens (including phenoxy) is 4. The van der Waals surface area contributed by atoms with Crippen LogP contribution in [0.2, 0.25) is 0 Å². The lowest BCUT2D eigenvalue weighted by atomic mass is 10.1. The van der Waals surface area contributed by atoms with Crippen molar-refractivity contribution < 1.29 is 33.3 Å². The average Bonchev–Trinajstić information content (AvgIpc) is 3.86. The quantitative estimate of drug-likeness (QED) is 0.106. The first kappa shape index (κ1) is 41.3. The maximum absolute atomic E-state index is 14.0. The normalized spacial score (nSPS) is 15.2. The predicted molar refractivity (Wildman–Crippen MR) is 242 cm³/mol. The molecule has 8 rings (SSSR count). The fourth-order valence-corrected chi connectivity index (χ4v) is 8.45. The number of benzene rings is 5. The van der Waals surface area contributed by atoms with E-state index in [2.05, 4.69) is 23.6 Å². The van der Waals surface area contributed by atoms with Gasteiger partial charge in [0.25, 0.3) is 11.8 Å². The van der Waals surface area contributed by atoms with E-state index < -0.39 is 0 Å². The van der Waals surface area contributed by atoms with Crippen molar-refractivity contribution in [2.45, 2.75) is 57.1 Å². The Kier molecular flexibility index (Phi) is 12.2. The van der Waals surface area contributed by atoms with E-state index in [1.165, 1.54) is 7.11 Å². The Hall–Kier alpha value is -6.47. The summed E-state index contributed by atoms with van der Waals surface area (Å²) in [4.78, 5) is 49.3. The molecule has 0 fully saturated rings. The van der Waals surface area contributed by atoms with Crippen molar-refractivity contribution in [2.75, 3.05) is 54.5 Å². The minimum atomic E-state index is -0.187. The Morgan fingerprint density at radius 3 is 2.23 bits per heavy atom. The molecule has 3 aliphatic heterocycles. The number of aliphatic imine (C=N–C) groups is 1. The first-order chi connectivity index (χ1) is 29.7. The standard InChI is InChI=1S/C48H49N5O7S/c1-29(61-5)14-15-46(54)51-34-19-30(27-59-44-24-38(49-2)36(22-42(44)57-3)47(55)52-17-16-32-10-6-8-12-40(32)52)18-31(20-34)28-60-45-25-39-37(23-43(45)58-4)48(56)53-35(26-50-39)21-33-11-7-9-13-41(33)53/h6-13,18-20,22-26,29,35,49H,14-17,21,27-28H2,1-5H3,(H,51,54)/t29-,35+/m1/s1. The average molecular weight is 840 g/mol. The molecule has 3 heterocycles. The first-order valence-corrected chi connectivity index (χ1v) is 21.6. The van der Waals surface area contributed by atoms with Gasteiger partial charge in [-0.2, -0.15) is 11.8 Å².